The number of hydrogen-bond acceptors (Lipinski definition) is 4. The normalized spacial score (nSPS) is 26.7. The summed E-state index contributed by atoms with van der Waals surface area (Å²) < 4.78 is 10.6. The van der Waals surface area contributed by atoms with Gasteiger partial charge in [-0.1, -0.05) is 47.6 Å². The molecule has 0 bridgehead atoms. The van der Waals surface area contributed by atoms with Crippen molar-refractivity contribution >= 4 is 12.2 Å². The zero-order chi connectivity index (χ0) is 24.2. The molecule has 6 heteroatoms. The first kappa shape index (κ1) is 26.5. The summed E-state index contributed by atoms with van der Waals surface area (Å²) in [6.45, 7) is 17.8. The van der Waals surface area contributed by atoms with E-state index in [2.05, 4.69) is 53.0 Å². The fraction of sp³-hybridized carbons (Fsp3) is 0.846. The first-order chi connectivity index (χ1) is 14.8. The van der Waals surface area contributed by atoms with E-state index in [-0.39, 0.29) is 24.0 Å². The molecule has 2 rings (SSSR count). The molecule has 2 aliphatic carbocycles. The van der Waals surface area contributed by atoms with Crippen LogP contribution in [0.25, 0.3) is 0 Å². The van der Waals surface area contributed by atoms with Gasteiger partial charge in [-0.15, -0.1) is 0 Å². The van der Waals surface area contributed by atoms with Gasteiger partial charge in [-0.05, 0) is 87.0 Å². The Morgan fingerprint density at radius 3 is 1.97 bits per heavy atom. The van der Waals surface area contributed by atoms with Gasteiger partial charge in [0.05, 0.1) is 18.8 Å². The molecule has 2 amide bonds. The van der Waals surface area contributed by atoms with Gasteiger partial charge >= 0.3 is 12.2 Å². The molecule has 0 heterocycles. The third kappa shape index (κ3) is 6.20. The molecule has 1 saturated carbocycles. The van der Waals surface area contributed by atoms with Crippen molar-refractivity contribution in [2.24, 2.45) is 22.7 Å². The Hall–Kier alpha value is -1.72. The fourth-order valence-corrected chi connectivity index (χ4v) is 5.46. The van der Waals surface area contributed by atoms with E-state index in [1.54, 1.807) is 13.8 Å². The quantitative estimate of drug-likeness (QED) is 0.375. The molecule has 0 spiro atoms. The first-order valence-electron chi connectivity index (χ1n) is 12.4. The van der Waals surface area contributed by atoms with Crippen LogP contribution in [-0.2, 0) is 9.47 Å². The van der Waals surface area contributed by atoms with E-state index < -0.39 is 17.7 Å². The smallest absolute Gasteiger partial charge is 0.429 e. The average molecular weight is 451 g/mol. The van der Waals surface area contributed by atoms with Crippen molar-refractivity contribution < 1.29 is 19.1 Å². The minimum atomic E-state index is -0.609. The molecular formula is C26H46N2O4. The summed E-state index contributed by atoms with van der Waals surface area (Å²) in [5, 5.41) is 1.47. The lowest BCUT2D eigenvalue weighted by Crippen LogP contribution is -2.62. The van der Waals surface area contributed by atoms with Crippen molar-refractivity contribution in [1.29, 1.82) is 0 Å². The van der Waals surface area contributed by atoms with Crippen molar-refractivity contribution in [3.05, 3.63) is 11.6 Å². The van der Waals surface area contributed by atoms with Crippen molar-refractivity contribution in [1.82, 2.24) is 10.4 Å². The first-order valence-corrected chi connectivity index (χ1v) is 12.4. The summed E-state index contributed by atoms with van der Waals surface area (Å²) >= 11 is 0. The van der Waals surface area contributed by atoms with Gasteiger partial charge in [-0.25, -0.2) is 20.0 Å². The maximum Gasteiger partial charge on any atom is 0.429 e. The van der Waals surface area contributed by atoms with Gasteiger partial charge in [0.1, 0.15) is 0 Å². The molecule has 0 radical (unpaired) electrons. The zero-order valence-corrected chi connectivity index (χ0v) is 21.7. The Labute approximate surface area is 195 Å². The molecule has 0 saturated heterocycles. The Bertz CT molecular complexity index is 679. The van der Waals surface area contributed by atoms with Gasteiger partial charge in [0.25, 0.3) is 0 Å². The second-order valence-electron chi connectivity index (χ2n) is 11.6. The van der Waals surface area contributed by atoms with E-state index in [1.165, 1.54) is 10.6 Å². The van der Waals surface area contributed by atoms with Crippen LogP contribution < -0.4 is 5.43 Å². The molecule has 1 fully saturated rings. The molecule has 184 valence electrons. The predicted molar refractivity (Wildman–Crippen MR) is 128 cm³/mol. The standard InChI is InChI=1S/C26H46N2O4/c1-9-31-22(29)27-28(23(30)32-10-2)26(17-15-20(16-18-26)25(6,7)8)21-13-11-19(12-14-21)24(3,4)5/h13,19-20H,9-12,14-18H2,1-8H3,(H,27,29). The molecule has 6 nitrogen and oxygen atoms in total. The van der Waals surface area contributed by atoms with Gasteiger partial charge < -0.3 is 9.47 Å². The van der Waals surface area contributed by atoms with E-state index >= 15 is 0 Å². The lowest BCUT2D eigenvalue weighted by Gasteiger charge is -2.51. The number of carbonyl (C=O) groups is 2. The van der Waals surface area contributed by atoms with Crippen LogP contribution in [0.2, 0.25) is 0 Å². The van der Waals surface area contributed by atoms with Crippen molar-refractivity contribution in [2.45, 2.75) is 106 Å². The number of amides is 2. The van der Waals surface area contributed by atoms with Crippen molar-refractivity contribution in [3.63, 3.8) is 0 Å². The Kier molecular flexibility index (Phi) is 8.69. The fourth-order valence-electron chi connectivity index (χ4n) is 5.46. The van der Waals surface area contributed by atoms with Gasteiger partial charge in [0, 0.05) is 0 Å². The summed E-state index contributed by atoms with van der Waals surface area (Å²) in [4.78, 5) is 25.6. The molecule has 1 N–H and O–H groups in total. The minimum Gasteiger partial charge on any atom is -0.449 e. The Morgan fingerprint density at radius 2 is 1.53 bits per heavy atom. The van der Waals surface area contributed by atoms with Crippen LogP contribution in [0.1, 0.15) is 100 Å². The van der Waals surface area contributed by atoms with E-state index in [4.69, 9.17) is 9.47 Å². The maximum absolute atomic E-state index is 13.1. The lowest BCUT2D eigenvalue weighted by atomic mass is 9.62. The highest BCUT2D eigenvalue weighted by molar-refractivity contribution is 5.75. The Balaban J connectivity index is 2.43. The van der Waals surface area contributed by atoms with Crippen LogP contribution in [0.15, 0.2) is 11.6 Å². The number of nitrogens with zero attached hydrogens (tertiary/aromatic N) is 1. The molecule has 32 heavy (non-hydrogen) atoms. The van der Waals surface area contributed by atoms with Crippen LogP contribution in [0.5, 0.6) is 0 Å². The highest BCUT2D eigenvalue weighted by atomic mass is 16.6. The number of allylic oxidation sites excluding steroid dienone is 1. The average Bonchev–Trinajstić information content (AvgIpc) is 2.71. The topological polar surface area (TPSA) is 67.9 Å². The van der Waals surface area contributed by atoms with Crippen molar-refractivity contribution in [2.75, 3.05) is 13.2 Å². The summed E-state index contributed by atoms with van der Waals surface area (Å²) in [6.07, 6.45) is 7.88. The largest absolute Gasteiger partial charge is 0.449 e. The van der Waals surface area contributed by atoms with E-state index in [9.17, 15) is 9.59 Å². The molecule has 1 unspecified atom stereocenters. The number of rotatable bonds is 4. The molecule has 0 aliphatic heterocycles. The van der Waals surface area contributed by atoms with Gasteiger partial charge in [-0.3, -0.25) is 0 Å². The van der Waals surface area contributed by atoms with Crippen LogP contribution in [0.3, 0.4) is 0 Å². The van der Waals surface area contributed by atoms with E-state index in [0.717, 1.165) is 44.9 Å². The van der Waals surface area contributed by atoms with Crippen LogP contribution in [0, 0.1) is 22.7 Å². The molecule has 0 aromatic carbocycles. The third-order valence-corrected chi connectivity index (χ3v) is 7.63. The number of hydrazine groups is 1. The third-order valence-electron chi connectivity index (χ3n) is 7.63. The number of ether oxygens (including phenoxy) is 2. The SMILES string of the molecule is CCOC(=O)NN(C(=O)OCC)C1(C2=CCC(C(C)(C)C)CC2)CCC(C(C)(C)C)CC1. The highest BCUT2D eigenvalue weighted by Crippen LogP contribution is 2.50. The minimum absolute atomic E-state index is 0.216. The second-order valence-corrected chi connectivity index (χ2v) is 11.6. The van der Waals surface area contributed by atoms with Crippen molar-refractivity contribution in [3.8, 4) is 0 Å². The van der Waals surface area contributed by atoms with E-state index in [1.807, 2.05) is 0 Å². The van der Waals surface area contributed by atoms with Gasteiger partial charge in [0.2, 0.25) is 0 Å². The lowest BCUT2D eigenvalue weighted by molar-refractivity contribution is -0.00384. The summed E-state index contributed by atoms with van der Waals surface area (Å²) in [5.41, 5.74) is 3.92. The maximum atomic E-state index is 13.1. The summed E-state index contributed by atoms with van der Waals surface area (Å²) in [6, 6.07) is 0. The van der Waals surface area contributed by atoms with Crippen LogP contribution in [-0.4, -0.2) is 35.9 Å². The predicted octanol–water partition coefficient (Wildman–Crippen LogP) is 6.85. The van der Waals surface area contributed by atoms with E-state index in [0.29, 0.717) is 11.8 Å². The number of carbonyl (C=O) groups excluding carboxylic acids is 2. The monoisotopic (exact) mass is 450 g/mol. The molecule has 2 aliphatic rings. The molecule has 1 atom stereocenters. The Morgan fingerprint density at radius 1 is 0.969 bits per heavy atom. The van der Waals surface area contributed by atoms with Gasteiger partial charge in [0.15, 0.2) is 0 Å². The zero-order valence-electron chi connectivity index (χ0n) is 21.7. The summed E-state index contributed by atoms with van der Waals surface area (Å²) in [7, 11) is 0. The number of nitrogens with one attached hydrogen (secondary N) is 1. The molecular weight excluding hydrogens is 404 g/mol. The van der Waals surface area contributed by atoms with Gasteiger partial charge in [-0.2, -0.15) is 0 Å². The second kappa shape index (κ2) is 10.5. The molecule has 0 aromatic rings. The molecule has 0 aromatic heterocycles. The number of hydrogen-bond donors (Lipinski definition) is 1. The van der Waals surface area contributed by atoms with Crippen LogP contribution in [0.4, 0.5) is 9.59 Å². The highest BCUT2D eigenvalue weighted by Gasteiger charge is 2.49. The van der Waals surface area contributed by atoms with Crippen LogP contribution >= 0.6 is 0 Å². The summed E-state index contributed by atoms with van der Waals surface area (Å²) in [5.74, 6) is 1.19.